The van der Waals surface area contributed by atoms with E-state index in [1.807, 2.05) is 32.0 Å². The van der Waals surface area contributed by atoms with Crippen LogP contribution < -0.4 is 15.8 Å². The Morgan fingerprint density at radius 1 is 1.50 bits per heavy atom. The van der Waals surface area contributed by atoms with Crippen molar-refractivity contribution in [1.82, 2.24) is 5.32 Å². The van der Waals surface area contributed by atoms with E-state index in [0.29, 0.717) is 13.1 Å². The van der Waals surface area contributed by atoms with Gasteiger partial charge in [-0.25, -0.2) is 0 Å². The molecule has 0 spiro atoms. The fourth-order valence-corrected chi connectivity index (χ4v) is 1.74. The van der Waals surface area contributed by atoms with Gasteiger partial charge in [-0.3, -0.25) is 4.79 Å². The number of nitrogens with two attached hydrogens (primary N) is 1. The number of nitrogens with one attached hydrogen (secondary N) is 1. The molecule has 18 heavy (non-hydrogen) atoms. The van der Waals surface area contributed by atoms with Crippen molar-refractivity contribution in [2.24, 2.45) is 5.73 Å². The van der Waals surface area contributed by atoms with Gasteiger partial charge in [0.2, 0.25) is 0 Å². The Morgan fingerprint density at radius 3 is 2.83 bits per heavy atom. The number of amides is 1. The first-order valence-corrected chi connectivity index (χ1v) is 6.32. The summed E-state index contributed by atoms with van der Waals surface area (Å²) in [6.45, 7) is 6.83. The zero-order valence-corrected chi connectivity index (χ0v) is 11.3. The minimum atomic E-state index is -0.496. The quantitative estimate of drug-likeness (QED) is 0.802. The number of hydrogen-bond donors (Lipinski definition) is 2. The summed E-state index contributed by atoms with van der Waals surface area (Å²) in [5.41, 5.74) is 7.80. The number of carbonyl (C=O) groups excluding carboxylic acids is 1. The summed E-state index contributed by atoms with van der Waals surface area (Å²) >= 11 is 0. The van der Waals surface area contributed by atoms with Crippen LogP contribution in [-0.4, -0.2) is 25.1 Å². The summed E-state index contributed by atoms with van der Waals surface area (Å²) in [5.74, 6) is 0.640. The second kappa shape index (κ2) is 7.01. The number of benzene rings is 1. The van der Waals surface area contributed by atoms with Gasteiger partial charge in [-0.1, -0.05) is 17.7 Å². The molecule has 0 radical (unpaired) electrons. The fourth-order valence-electron chi connectivity index (χ4n) is 1.74. The number of likely N-dealkylation sites (N-methyl/N-ethyl adjacent to an activating group) is 1. The van der Waals surface area contributed by atoms with Crippen molar-refractivity contribution in [1.29, 1.82) is 0 Å². The molecule has 3 N–H and O–H groups in total. The van der Waals surface area contributed by atoms with Gasteiger partial charge in [-0.15, -0.1) is 0 Å². The van der Waals surface area contributed by atoms with E-state index in [1.165, 1.54) is 0 Å². The second-order valence-electron chi connectivity index (χ2n) is 4.30. The van der Waals surface area contributed by atoms with Gasteiger partial charge in [-0.05, 0) is 45.4 Å². The average molecular weight is 250 g/mol. The van der Waals surface area contributed by atoms with Crippen molar-refractivity contribution in [3.8, 4) is 5.75 Å². The molecular formula is C14H22N2O2. The van der Waals surface area contributed by atoms with Gasteiger partial charge < -0.3 is 15.8 Å². The van der Waals surface area contributed by atoms with E-state index >= 15 is 0 Å². The third-order valence-electron chi connectivity index (χ3n) is 2.65. The van der Waals surface area contributed by atoms with Crippen LogP contribution in [0.15, 0.2) is 18.2 Å². The molecule has 4 nitrogen and oxygen atoms in total. The van der Waals surface area contributed by atoms with Crippen molar-refractivity contribution in [2.45, 2.75) is 33.3 Å². The highest BCUT2D eigenvalue weighted by Crippen LogP contribution is 2.21. The monoisotopic (exact) mass is 250 g/mol. The number of rotatable bonds is 6. The first kappa shape index (κ1) is 14.5. The predicted octanol–water partition coefficient (Wildman–Crippen LogP) is 1.40. The zero-order chi connectivity index (χ0) is 13.5. The Balaban J connectivity index is 2.79. The van der Waals surface area contributed by atoms with Gasteiger partial charge in [0, 0.05) is 6.54 Å². The zero-order valence-electron chi connectivity index (χ0n) is 11.3. The van der Waals surface area contributed by atoms with Crippen LogP contribution in [0.25, 0.3) is 0 Å². The second-order valence-corrected chi connectivity index (χ2v) is 4.30. The van der Waals surface area contributed by atoms with Crippen molar-refractivity contribution in [3.63, 3.8) is 0 Å². The predicted molar refractivity (Wildman–Crippen MR) is 72.7 cm³/mol. The first-order chi connectivity index (χ1) is 8.58. The van der Waals surface area contributed by atoms with E-state index in [4.69, 9.17) is 10.5 Å². The maximum absolute atomic E-state index is 11.6. The van der Waals surface area contributed by atoms with Crippen LogP contribution in [0, 0.1) is 6.92 Å². The summed E-state index contributed by atoms with van der Waals surface area (Å²) in [6.07, 6.45) is 0.253. The van der Waals surface area contributed by atoms with Crippen molar-refractivity contribution in [2.75, 3.05) is 13.1 Å². The molecule has 0 saturated heterocycles. The molecule has 0 bridgehead atoms. The van der Waals surface area contributed by atoms with E-state index in [2.05, 4.69) is 5.32 Å². The van der Waals surface area contributed by atoms with Gasteiger partial charge in [0.25, 0.3) is 5.91 Å². The smallest absolute Gasteiger partial charge is 0.260 e. The van der Waals surface area contributed by atoms with Crippen LogP contribution in [0.1, 0.15) is 25.0 Å². The number of carbonyl (C=O) groups is 1. The van der Waals surface area contributed by atoms with E-state index in [1.54, 1.807) is 6.92 Å². The summed E-state index contributed by atoms with van der Waals surface area (Å²) < 4.78 is 5.70. The highest BCUT2D eigenvalue weighted by atomic mass is 16.5. The Bertz CT molecular complexity index is 405. The lowest BCUT2D eigenvalue weighted by atomic mass is 10.1. The Labute approximate surface area is 109 Å². The molecule has 4 heteroatoms. The minimum Gasteiger partial charge on any atom is -0.481 e. The van der Waals surface area contributed by atoms with Crippen LogP contribution in [0.5, 0.6) is 5.75 Å². The molecule has 1 rings (SSSR count). The van der Waals surface area contributed by atoms with Crippen LogP contribution in [0.3, 0.4) is 0 Å². The molecular weight excluding hydrogens is 228 g/mol. The molecule has 0 fully saturated rings. The molecule has 100 valence electrons. The molecule has 1 amide bonds. The van der Waals surface area contributed by atoms with Crippen molar-refractivity contribution in [3.05, 3.63) is 29.3 Å². The highest BCUT2D eigenvalue weighted by molar-refractivity contribution is 5.80. The Morgan fingerprint density at radius 2 is 2.22 bits per heavy atom. The SMILES string of the molecule is CCNC(=O)C(C)Oc1ccc(C)cc1CCN. The summed E-state index contributed by atoms with van der Waals surface area (Å²) in [5, 5.41) is 2.74. The molecule has 0 aliphatic heterocycles. The van der Waals surface area contributed by atoms with Gasteiger partial charge in [0.05, 0.1) is 0 Å². The average Bonchev–Trinajstić information content (AvgIpc) is 2.33. The highest BCUT2D eigenvalue weighted by Gasteiger charge is 2.15. The molecule has 0 aromatic heterocycles. The van der Waals surface area contributed by atoms with Gasteiger partial charge in [0.1, 0.15) is 5.75 Å². The molecule has 1 aromatic rings. The third kappa shape index (κ3) is 4.04. The maximum Gasteiger partial charge on any atom is 0.260 e. The third-order valence-corrected chi connectivity index (χ3v) is 2.65. The van der Waals surface area contributed by atoms with Crippen LogP contribution in [0.4, 0.5) is 0 Å². The normalized spacial score (nSPS) is 12.0. The van der Waals surface area contributed by atoms with E-state index < -0.39 is 6.10 Å². The Hall–Kier alpha value is -1.55. The lowest BCUT2D eigenvalue weighted by Crippen LogP contribution is -2.36. The molecule has 0 saturated carbocycles. The molecule has 1 unspecified atom stereocenters. The molecule has 0 aliphatic carbocycles. The summed E-state index contributed by atoms with van der Waals surface area (Å²) in [6, 6.07) is 5.92. The van der Waals surface area contributed by atoms with Crippen LogP contribution >= 0.6 is 0 Å². The summed E-state index contributed by atoms with van der Waals surface area (Å²) in [7, 11) is 0. The largest absolute Gasteiger partial charge is 0.481 e. The maximum atomic E-state index is 11.6. The van der Waals surface area contributed by atoms with E-state index in [-0.39, 0.29) is 5.91 Å². The lowest BCUT2D eigenvalue weighted by Gasteiger charge is -2.17. The first-order valence-electron chi connectivity index (χ1n) is 6.32. The Kier molecular flexibility index (Phi) is 5.65. The van der Waals surface area contributed by atoms with E-state index in [9.17, 15) is 4.79 Å². The van der Waals surface area contributed by atoms with Crippen LogP contribution in [-0.2, 0) is 11.2 Å². The molecule has 0 aliphatic rings. The van der Waals surface area contributed by atoms with Crippen molar-refractivity contribution >= 4 is 5.91 Å². The van der Waals surface area contributed by atoms with Gasteiger partial charge in [0.15, 0.2) is 6.10 Å². The van der Waals surface area contributed by atoms with Crippen LogP contribution in [0.2, 0.25) is 0 Å². The fraction of sp³-hybridized carbons (Fsp3) is 0.500. The number of aryl methyl sites for hydroxylation is 1. The topological polar surface area (TPSA) is 64.3 Å². The molecule has 1 atom stereocenters. The molecule has 0 heterocycles. The van der Waals surface area contributed by atoms with Gasteiger partial charge in [-0.2, -0.15) is 0 Å². The van der Waals surface area contributed by atoms with Gasteiger partial charge >= 0.3 is 0 Å². The standard InChI is InChI=1S/C14H22N2O2/c1-4-16-14(17)11(3)18-13-6-5-10(2)9-12(13)7-8-15/h5-6,9,11H,4,7-8,15H2,1-3H3,(H,16,17). The van der Waals surface area contributed by atoms with E-state index in [0.717, 1.165) is 23.3 Å². The minimum absolute atomic E-state index is 0.100. The lowest BCUT2D eigenvalue weighted by molar-refractivity contribution is -0.127. The molecule has 1 aromatic carbocycles. The van der Waals surface area contributed by atoms with Crippen molar-refractivity contribution < 1.29 is 9.53 Å². The summed E-state index contributed by atoms with van der Waals surface area (Å²) in [4.78, 5) is 11.6. The number of ether oxygens (including phenoxy) is 1. The number of hydrogen-bond acceptors (Lipinski definition) is 3.